The molecule has 0 heterocycles. The Morgan fingerprint density at radius 3 is 2.63 bits per heavy atom. The molecule has 2 rings (SSSR count). The third-order valence-electron chi connectivity index (χ3n) is 3.69. The normalized spacial score (nSPS) is 18.0. The van der Waals surface area contributed by atoms with E-state index in [9.17, 15) is 9.18 Å². The van der Waals surface area contributed by atoms with E-state index in [0.717, 1.165) is 25.7 Å². The van der Waals surface area contributed by atoms with Crippen LogP contribution in [0.4, 0.5) is 4.39 Å². The van der Waals surface area contributed by atoms with Crippen molar-refractivity contribution in [3.8, 4) is 0 Å². The second-order valence-electron chi connectivity index (χ2n) is 5.35. The van der Waals surface area contributed by atoms with E-state index in [0.29, 0.717) is 5.56 Å². The van der Waals surface area contributed by atoms with Gasteiger partial charge in [0.25, 0.3) is 0 Å². The summed E-state index contributed by atoms with van der Waals surface area (Å²) >= 11 is 0. The number of esters is 1. The molecule has 0 bridgehead atoms. The van der Waals surface area contributed by atoms with Crippen LogP contribution in [0.3, 0.4) is 0 Å². The summed E-state index contributed by atoms with van der Waals surface area (Å²) in [5.74, 6) is -0.692. The molecule has 3 nitrogen and oxygen atoms in total. The van der Waals surface area contributed by atoms with E-state index < -0.39 is 5.54 Å². The molecule has 0 aromatic heterocycles. The molecule has 0 atom stereocenters. The third kappa shape index (κ3) is 4.03. The molecule has 4 heteroatoms. The number of carbonyl (C=O) groups is 1. The molecule has 1 aromatic carbocycles. The quantitative estimate of drug-likeness (QED) is 0.852. The van der Waals surface area contributed by atoms with E-state index in [1.165, 1.54) is 12.5 Å². The fourth-order valence-electron chi connectivity index (χ4n) is 2.54. The van der Waals surface area contributed by atoms with Crippen molar-refractivity contribution in [2.75, 3.05) is 0 Å². The highest BCUT2D eigenvalue weighted by Crippen LogP contribution is 2.29. The molecule has 0 saturated heterocycles. The van der Waals surface area contributed by atoms with E-state index in [1.807, 2.05) is 0 Å². The van der Waals surface area contributed by atoms with Crippen LogP contribution < -0.4 is 5.73 Å². The van der Waals surface area contributed by atoms with Gasteiger partial charge >= 0.3 is 5.97 Å². The Kier molecular flexibility index (Phi) is 4.53. The average Bonchev–Trinajstić information content (AvgIpc) is 2.38. The maximum absolute atomic E-state index is 13.4. The van der Waals surface area contributed by atoms with Crippen molar-refractivity contribution in [1.29, 1.82) is 0 Å². The van der Waals surface area contributed by atoms with Crippen LogP contribution in [0, 0.1) is 5.82 Å². The van der Waals surface area contributed by atoms with Gasteiger partial charge in [-0.3, -0.25) is 4.79 Å². The summed E-state index contributed by atoms with van der Waals surface area (Å²) in [7, 11) is 0. The summed E-state index contributed by atoms with van der Waals surface area (Å²) in [6, 6.07) is 6.30. The molecule has 0 unspecified atom stereocenters. The predicted molar refractivity (Wildman–Crippen MR) is 70.8 cm³/mol. The van der Waals surface area contributed by atoms with Crippen LogP contribution in [0.5, 0.6) is 0 Å². The predicted octanol–water partition coefficient (Wildman–Crippen LogP) is 2.92. The fourth-order valence-corrected chi connectivity index (χ4v) is 2.54. The van der Waals surface area contributed by atoms with Gasteiger partial charge in [-0.15, -0.1) is 0 Å². The van der Waals surface area contributed by atoms with E-state index in [1.54, 1.807) is 18.2 Å². The molecule has 0 amide bonds. The van der Waals surface area contributed by atoms with Crippen LogP contribution in [0.25, 0.3) is 0 Å². The molecule has 1 aliphatic carbocycles. The molecule has 0 spiro atoms. The van der Waals surface area contributed by atoms with Gasteiger partial charge in [-0.25, -0.2) is 4.39 Å². The van der Waals surface area contributed by atoms with Crippen LogP contribution in [0.1, 0.15) is 44.1 Å². The van der Waals surface area contributed by atoms with E-state index in [2.05, 4.69) is 0 Å². The molecular formula is C15H20FNO2. The summed E-state index contributed by atoms with van der Waals surface area (Å²) in [5, 5.41) is 0. The molecule has 104 valence electrons. The molecular weight excluding hydrogens is 245 g/mol. The van der Waals surface area contributed by atoms with Gasteiger partial charge < -0.3 is 10.5 Å². The van der Waals surface area contributed by atoms with Gasteiger partial charge in [0.2, 0.25) is 0 Å². The van der Waals surface area contributed by atoms with Gasteiger partial charge in [-0.1, -0.05) is 37.5 Å². The van der Waals surface area contributed by atoms with Crippen molar-refractivity contribution in [2.45, 2.75) is 50.7 Å². The summed E-state index contributed by atoms with van der Waals surface area (Å²) in [4.78, 5) is 11.8. The largest absolute Gasteiger partial charge is 0.461 e. The Balaban J connectivity index is 1.83. The number of hydrogen-bond acceptors (Lipinski definition) is 3. The van der Waals surface area contributed by atoms with Gasteiger partial charge in [-0.05, 0) is 18.9 Å². The zero-order chi connectivity index (χ0) is 13.7. The Bertz CT molecular complexity index is 442. The maximum atomic E-state index is 13.4. The lowest BCUT2D eigenvalue weighted by Crippen LogP contribution is -2.43. The van der Waals surface area contributed by atoms with E-state index in [4.69, 9.17) is 10.5 Å². The van der Waals surface area contributed by atoms with Gasteiger partial charge in [0.15, 0.2) is 0 Å². The smallest absolute Gasteiger partial charge is 0.307 e. The summed E-state index contributed by atoms with van der Waals surface area (Å²) in [6.07, 6.45) is 5.27. The van der Waals surface area contributed by atoms with E-state index >= 15 is 0 Å². The van der Waals surface area contributed by atoms with Crippen LogP contribution in [0.2, 0.25) is 0 Å². The first kappa shape index (κ1) is 14.0. The summed E-state index contributed by atoms with van der Waals surface area (Å²) in [5.41, 5.74) is 6.15. The van der Waals surface area contributed by atoms with Crippen LogP contribution in [0.15, 0.2) is 24.3 Å². The average molecular weight is 265 g/mol. The van der Waals surface area contributed by atoms with Gasteiger partial charge in [0.1, 0.15) is 12.4 Å². The standard InChI is InChI=1S/C15H20FNO2/c16-13-7-3-2-6-12(13)11-19-14(18)10-15(17)8-4-1-5-9-15/h2-3,6-7H,1,4-5,8-11,17H2. The van der Waals surface area contributed by atoms with Gasteiger partial charge in [0, 0.05) is 11.1 Å². The minimum absolute atomic E-state index is 0.0262. The Morgan fingerprint density at radius 2 is 1.95 bits per heavy atom. The lowest BCUT2D eigenvalue weighted by Gasteiger charge is -2.32. The molecule has 1 aliphatic rings. The second-order valence-corrected chi connectivity index (χ2v) is 5.35. The van der Waals surface area contributed by atoms with Crippen molar-refractivity contribution in [1.82, 2.24) is 0 Å². The second kappa shape index (κ2) is 6.15. The molecule has 19 heavy (non-hydrogen) atoms. The monoisotopic (exact) mass is 265 g/mol. The van der Waals surface area contributed by atoms with Crippen LogP contribution >= 0.6 is 0 Å². The number of hydrogen-bond donors (Lipinski definition) is 1. The highest BCUT2D eigenvalue weighted by molar-refractivity contribution is 5.71. The first-order valence-electron chi connectivity index (χ1n) is 6.77. The lowest BCUT2D eigenvalue weighted by molar-refractivity contribution is -0.146. The van der Waals surface area contributed by atoms with E-state index in [-0.39, 0.29) is 24.8 Å². The summed E-state index contributed by atoms with van der Waals surface area (Å²) < 4.78 is 18.5. The van der Waals surface area contributed by atoms with Crippen molar-refractivity contribution >= 4 is 5.97 Å². The highest BCUT2D eigenvalue weighted by Gasteiger charge is 2.30. The molecule has 0 radical (unpaired) electrons. The topological polar surface area (TPSA) is 52.3 Å². The molecule has 1 fully saturated rings. The van der Waals surface area contributed by atoms with Gasteiger partial charge in [0.05, 0.1) is 6.42 Å². The fraction of sp³-hybridized carbons (Fsp3) is 0.533. The molecule has 1 aromatic rings. The minimum Gasteiger partial charge on any atom is -0.461 e. The zero-order valence-electron chi connectivity index (χ0n) is 11.0. The Hall–Kier alpha value is -1.42. The summed E-state index contributed by atoms with van der Waals surface area (Å²) in [6.45, 7) is -0.0262. The van der Waals surface area contributed by atoms with Gasteiger partial charge in [-0.2, -0.15) is 0 Å². The van der Waals surface area contributed by atoms with Crippen LogP contribution in [-0.2, 0) is 16.1 Å². The van der Waals surface area contributed by atoms with Crippen molar-refractivity contribution in [3.05, 3.63) is 35.6 Å². The molecule has 2 N–H and O–H groups in total. The minimum atomic E-state index is -0.426. The number of halogens is 1. The lowest BCUT2D eigenvalue weighted by atomic mass is 9.80. The highest BCUT2D eigenvalue weighted by atomic mass is 19.1. The number of benzene rings is 1. The van der Waals surface area contributed by atoms with Crippen molar-refractivity contribution in [2.24, 2.45) is 5.73 Å². The van der Waals surface area contributed by atoms with Crippen molar-refractivity contribution in [3.63, 3.8) is 0 Å². The number of nitrogens with two attached hydrogens (primary N) is 1. The maximum Gasteiger partial charge on any atom is 0.307 e. The number of rotatable bonds is 4. The van der Waals surface area contributed by atoms with Crippen LogP contribution in [-0.4, -0.2) is 11.5 Å². The first-order chi connectivity index (χ1) is 9.09. The third-order valence-corrected chi connectivity index (χ3v) is 3.69. The molecule has 0 aliphatic heterocycles. The van der Waals surface area contributed by atoms with Crippen molar-refractivity contribution < 1.29 is 13.9 Å². The first-order valence-corrected chi connectivity index (χ1v) is 6.77. The number of ether oxygens (including phenoxy) is 1. The SMILES string of the molecule is NC1(CC(=O)OCc2ccccc2F)CCCCC1. The Labute approximate surface area is 112 Å². The zero-order valence-corrected chi connectivity index (χ0v) is 11.0. The number of carbonyl (C=O) groups excluding carboxylic acids is 1. The molecule has 1 saturated carbocycles. The Morgan fingerprint density at radius 1 is 1.26 bits per heavy atom.